The molecule has 0 bridgehead atoms. The number of ether oxygens (including phenoxy) is 1. The Morgan fingerprint density at radius 1 is 0.920 bits per heavy atom. The van der Waals surface area contributed by atoms with Crippen LogP contribution < -0.4 is 10.2 Å². The Bertz CT molecular complexity index is 909. The van der Waals surface area contributed by atoms with E-state index in [2.05, 4.69) is 5.48 Å². The standard InChI is InChI=1S/C19H14ClNO4/c20-16-8-5-14(6-9-16)19(23)21-25-18(22)12-24-17-10-7-13-3-1-2-4-15(13)11-17/h1-11H,12H2,(H,21,23). The summed E-state index contributed by atoms with van der Waals surface area (Å²) in [5.41, 5.74) is 2.40. The fourth-order valence-electron chi connectivity index (χ4n) is 2.19. The maximum Gasteiger partial charge on any atom is 0.369 e. The number of hydrogen-bond acceptors (Lipinski definition) is 4. The number of amides is 1. The number of rotatable bonds is 4. The highest BCUT2D eigenvalue weighted by molar-refractivity contribution is 6.30. The van der Waals surface area contributed by atoms with E-state index in [1.54, 1.807) is 18.2 Å². The molecule has 0 radical (unpaired) electrons. The minimum absolute atomic E-state index is 0.320. The molecule has 0 fully saturated rings. The van der Waals surface area contributed by atoms with Crippen molar-refractivity contribution in [2.24, 2.45) is 0 Å². The highest BCUT2D eigenvalue weighted by atomic mass is 35.5. The van der Waals surface area contributed by atoms with Gasteiger partial charge in [0.15, 0.2) is 6.61 Å². The molecule has 126 valence electrons. The van der Waals surface area contributed by atoms with Crippen LogP contribution in [0.5, 0.6) is 5.75 Å². The number of halogens is 1. The summed E-state index contributed by atoms with van der Waals surface area (Å²) in [7, 11) is 0. The first-order valence-electron chi connectivity index (χ1n) is 7.49. The van der Waals surface area contributed by atoms with E-state index in [-0.39, 0.29) is 6.61 Å². The molecule has 1 amide bonds. The van der Waals surface area contributed by atoms with Crippen molar-refractivity contribution in [3.63, 3.8) is 0 Å². The predicted octanol–water partition coefficient (Wildman–Crippen LogP) is 3.76. The van der Waals surface area contributed by atoms with E-state index in [1.165, 1.54) is 12.1 Å². The lowest BCUT2D eigenvalue weighted by Crippen LogP contribution is -2.29. The Hall–Kier alpha value is -3.05. The highest BCUT2D eigenvalue weighted by Gasteiger charge is 2.10. The second kappa shape index (κ2) is 7.68. The molecule has 3 rings (SSSR count). The molecule has 0 aliphatic carbocycles. The zero-order valence-electron chi connectivity index (χ0n) is 13.1. The smallest absolute Gasteiger partial charge is 0.369 e. The van der Waals surface area contributed by atoms with E-state index in [0.717, 1.165) is 10.8 Å². The normalized spacial score (nSPS) is 10.3. The molecule has 0 unspecified atom stereocenters. The van der Waals surface area contributed by atoms with Crippen LogP contribution >= 0.6 is 11.6 Å². The van der Waals surface area contributed by atoms with Crippen LogP contribution in [0.1, 0.15) is 10.4 Å². The summed E-state index contributed by atoms with van der Waals surface area (Å²) >= 11 is 5.75. The highest BCUT2D eigenvalue weighted by Crippen LogP contribution is 2.20. The molecular formula is C19H14ClNO4. The van der Waals surface area contributed by atoms with E-state index in [4.69, 9.17) is 21.2 Å². The largest absolute Gasteiger partial charge is 0.482 e. The Kier molecular flexibility index (Phi) is 5.16. The molecule has 0 spiro atoms. The number of carbonyl (C=O) groups is 2. The van der Waals surface area contributed by atoms with Gasteiger partial charge in [-0.25, -0.2) is 4.79 Å². The molecule has 0 aliphatic rings. The van der Waals surface area contributed by atoms with E-state index >= 15 is 0 Å². The van der Waals surface area contributed by atoms with Crippen molar-refractivity contribution in [3.05, 3.63) is 77.3 Å². The van der Waals surface area contributed by atoms with Gasteiger partial charge in [-0.3, -0.25) is 4.79 Å². The van der Waals surface area contributed by atoms with E-state index in [9.17, 15) is 9.59 Å². The maximum atomic E-state index is 11.8. The summed E-state index contributed by atoms with van der Waals surface area (Å²) < 4.78 is 5.39. The number of carbonyl (C=O) groups excluding carboxylic acids is 2. The van der Waals surface area contributed by atoms with Crippen LogP contribution in [0, 0.1) is 0 Å². The minimum atomic E-state index is -0.713. The molecule has 0 aliphatic heterocycles. The number of hydroxylamine groups is 1. The van der Waals surface area contributed by atoms with Crippen molar-refractivity contribution < 1.29 is 19.2 Å². The zero-order valence-corrected chi connectivity index (χ0v) is 13.8. The Morgan fingerprint density at radius 2 is 1.64 bits per heavy atom. The van der Waals surface area contributed by atoms with E-state index in [0.29, 0.717) is 16.3 Å². The first kappa shape index (κ1) is 16.8. The van der Waals surface area contributed by atoms with E-state index < -0.39 is 11.9 Å². The van der Waals surface area contributed by atoms with Crippen LogP contribution in [0.2, 0.25) is 5.02 Å². The average Bonchev–Trinajstić information content (AvgIpc) is 2.65. The van der Waals surface area contributed by atoms with Gasteiger partial charge in [0, 0.05) is 10.6 Å². The second-order valence-corrected chi connectivity index (χ2v) is 5.65. The molecule has 3 aromatic carbocycles. The number of fused-ring (bicyclic) bond motifs is 1. The van der Waals surface area contributed by atoms with Crippen LogP contribution in [-0.4, -0.2) is 18.5 Å². The van der Waals surface area contributed by atoms with Gasteiger partial charge >= 0.3 is 5.97 Å². The van der Waals surface area contributed by atoms with Crippen molar-refractivity contribution in [2.45, 2.75) is 0 Å². The molecule has 25 heavy (non-hydrogen) atoms. The summed E-state index contributed by atoms with van der Waals surface area (Å²) in [5, 5.41) is 2.59. The average molecular weight is 356 g/mol. The molecule has 3 aromatic rings. The van der Waals surface area contributed by atoms with Crippen molar-refractivity contribution >= 4 is 34.2 Å². The number of nitrogens with one attached hydrogen (secondary N) is 1. The third kappa shape index (κ3) is 4.49. The summed E-state index contributed by atoms with van der Waals surface area (Å²) in [6.45, 7) is -0.320. The van der Waals surface area contributed by atoms with Gasteiger partial charge < -0.3 is 9.57 Å². The lowest BCUT2D eigenvalue weighted by molar-refractivity contribution is -0.151. The summed E-state index contributed by atoms with van der Waals surface area (Å²) in [4.78, 5) is 28.2. The molecule has 0 aromatic heterocycles. The summed E-state index contributed by atoms with van der Waals surface area (Å²) in [5.74, 6) is -0.717. The van der Waals surface area contributed by atoms with Crippen molar-refractivity contribution in [1.29, 1.82) is 0 Å². The lowest BCUT2D eigenvalue weighted by atomic mass is 10.1. The SMILES string of the molecule is O=C(COc1ccc2ccccc2c1)ONC(=O)c1ccc(Cl)cc1. The molecule has 6 heteroatoms. The van der Waals surface area contributed by atoms with Gasteiger partial charge in [-0.15, -0.1) is 0 Å². The molecule has 0 heterocycles. The molecule has 0 saturated heterocycles. The van der Waals surface area contributed by atoms with E-state index in [1.807, 2.05) is 36.4 Å². The predicted molar refractivity (Wildman–Crippen MR) is 94.5 cm³/mol. The fourth-order valence-corrected chi connectivity index (χ4v) is 2.32. The molecule has 5 nitrogen and oxygen atoms in total. The van der Waals surface area contributed by atoms with Gasteiger partial charge in [-0.1, -0.05) is 41.9 Å². The van der Waals surface area contributed by atoms with Gasteiger partial charge in [-0.2, -0.15) is 5.48 Å². The molecule has 1 N–H and O–H groups in total. The Labute approximate surface area is 149 Å². The van der Waals surface area contributed by atoms with Gasteiger partial charge in [0.05, 0.1) is 0 Å². The second-order valence-electron chi connectivity index (χ2n) is 5.21. The van der Waals surface area contributed by atoms with Crippen molar-refractivity contribution in [1.82, 2.24) is 5.48 Å². The number of benzene rings is 3. The monoisotopic (exact) mass is 355 g/mol. The zero-order chi connectivity index (χ0) is 17.6. The quantitative estimate of drug-likeness (QED) is 0.724. The van der Waals surface area contributed by atoms with Crippen molar-refractivity contribution in [3.8, 4) is 5.75 Å². The molecule has 0 saturated carbocycles. The van der Waals surface area contributed by atoms with Crippen LogP contribution in [-0.2, 0) is 9.63 Å². The third-order valence-corrected chi connectivity index (χ3v) is 3.69. The summed E-state index contributed by atoms with van der Waals surface area (Å²) in [6, 6.07) is 19.5. The Morgan fingerprint density at radius 3 is 2.40 bits per heavy atom. The van der Waals surface area contributed by atoms with Gasteiger partial charge in [0.2, 0.25) is 0 Å². The molecule has 0 atom stereocenters. The molecular weight excluding hydrogens is 342 g/mol. The minimum Gasteiger partial charge on any atom is -0.482 e. The first-order valence-corrected chi connectivity index (χ1v) is 7.87. The lowest BCUT2D eigenvalue weighted by Gasteiger charge is -2.08. The fraction of sp³-hybridized carbons (Fsp3) is 0.0526. The summed E-state index contributed by atoms with van der Waals surface area (Å²) in [6.07, 6.45) is 0. The van der Waals surface area contributed by atoms with Gasteiger partial charge in [-0.05, 0) is 47.2 Å². The van der Waals surface area contributed by atoms with Crippen LogP contribution in [0.4, 0.5) is 0 Å². The van der Waals surface area contributed by atoms with Gasteiger partial charge in [0.1, 0.15) is 5.75 Å². The van der Waals surface area contributed by atoms with Gasteiger partial charge in [0.25, 0.3) is 5.91 Å². The van der Waals surface area contributed by atoms with Crippen LogP contribution in [0.3, 0.4) is 0 Å². The maximum absolute atomic E-state index is 11.8. The number of hydrogen-bond donors (Lipinski definition) is 1. The first-order chi connectivity index (χ1) is 12.1. The van der Waals surface area contributed by atoms with Crippen LogP contribution in [0.25, 0.3) is 10.8 Å². The third-order valence-electron chi connectivity index (χ3n) is 3.44. The van der Waals surface area contributed by atoms with Crippen molar-refractivity contribution in [2.75, 3.05) is 6.61 Å². The van der Waals surface area contributed by atoms with Crippen LogP contribution in [0.15, 0.2) is 66.7 Å². The Balaban J connectivity index is 1.50. The topological polar surface area (TPSA) is 64.6 Å².